The van der Waals surface area contributed by atoms with E-state index in [1.165, 1.54) is 16.9 Å². The molecule has 1 saturated heterocycles. The lowest BCUT2D eigenvalue weighted by Gasteiger charge is -2.30. The SMILES string of the molecule is COc1ccc(-n2nc3ccc(NC(=O)c4cc([N+](=O)[O-])ccc4N4CCOCC4)cc3n2)cc1. The van der Waals surface area contributed by atoms with Crippen LogP contribution in [0.3, 0.4) is 0 Å². The van der Waals surface area contributed by atoms with Gasteiger partial charge in [-0.1, -0.05) is 0 Å². The van der Waals surface area contributed by atoms with Crippen molar-refractivity contribution in [3.05, 3.63) is 76.3 Å². The molecule has 1 aliphatic rings. The molecule has 0 radical (unpaired) electrons. The van der Waals surface area contributed by atoms with Crippen molar-refractivity contribution in [3.63, 3.8) is 0 Å². The summed E-state index contributed by atoms with van der Waals surface area (Å²) in [4.78, 5) is 27.6. The summed E-state index contributed by atoms with van der Waals surface area (Å²) in [6.45, 7) is 2.24. The largest absolute Gasteiger partial charge is 0.497 e. The number of methoxy groups -OCH3 is 1. The Morgan fingerprint density at radius 1 is 1.03 bits per heavy atom. The van der Waals surface area contributed by atoms with Crippen LogP contribution in [0.4, 0.5) is 17.1 Å². The number of ether oxygens (including phenoxy) is 2. The third kappa shape index (κ3) is 4.62. The number of carbonyl (C=O) groups is 1. The molecule has 178 valence electrons. The van der Waals surface area contributed by atoms with Gasteiger partial charge in [-0.2, -0.15) is 4.80 Å². The van der Waals surface area contributed by atoms with Gasteiger partial charge in [0.2, 0.25) is 0 Å². The van der Waals surface area contributed by atoms with Gasteiger partial charge < -0.3 is 19.7 Å². The van der Waals surface area contributed by atoms with E-state index in [9.17, 15) is 14.9 Å². The summed E-state index contributed by atoms with van der Waals surface area (Å²) < 4.78 is 10.6. The second kappa shape index (κ2) is 9.39. The number of fused-ring (bicyclic) bond motifs is 1. The zero-order chi connectivity index (χ0) is 24.4. The molecule has 0 spiro atoms. The van der Waals surface area contributed by atoms with Gasteiger partial charge in [0.15, 0.2) is 0 Å². The lowest BCUT2D eigenvalue weighted by Crippen LogP contribution is -2.37. The van der Waals surface area contributed by atoms with E-state index >= 15 is 0 Å². The number of hydrogen-bond donors (Lipinski definition) is 1. The first-order chi connectivity index (χ1) is 17.0. The number of nitro groups is 1. The highest BCUT2D eigenvalue weighted by Crippen LogP contribution is 2.28. The molecular formula is C24H22N6O5. The zero-order valence-electron chi connectivity index (χ0n) is 18.9. The minimum atomic E-state index is -0.511. The van der Waals surface area contributed by atoms with Crippen molar-refractivity contribution in [1.82, 2.24) is 15.0 Å². The van der Waals surface area contributed by atoms with Gasteiger partial charge in [0.05, 0.1) is 42.2 Å². The third-order valence-electron chi connectivity index (χ3n) is 5.73. The van der Waals surface area contributed by atoms with E-state index < -0.39 is 10.8 Å². The highest BCUT2D eigenvalue weighted by atomic mass is 16.6. The average Bonchev–Trinajstić information content (AvgIpc) is 3.32. The van der Waals surface area contributed by atoms with E-state index in [-0.39, 0.29) is 11.3 Å². The predicted molar refractivity (Wildman–Crippen MR) is 129 cm³/mol. The lowest BCUT2D eigenvalue weighted by molar-refractivity contribution is -0.384. The Hall–Kier alpha value is -4.51. The maximum atomic E-state index is 13.2. The average molecular weight is 474 g/mol. The Labute approximate surface area is 200 Å². The molecule has 0 unspecified atom stereocenters. The molecule has 1 aromatic heterocycles. The number of hydrogen-bond acceptors (Lipinski definition) is 8. The van der Waals surface area contributed by atoms with Gasteiger partial charge >= 0.3 is 0 Å². The first-order valence-corrected chi connectivity index (χ1v) is 11.0. The van der Waals surface area contributed by atoms with Crippen LogP contribution in [0.5, 0.6) is 5.75 Å². The minimum absolute atomic E-state index is 0.148. The molecule has 3 aromatic carbocycles. The van der Waals surface area contributed by atoms with Crippen LogP contribution in [0.15, 0.2) is 60.7 Å². The zero-order valence-corrected chi connectivity index (χ0v) is 18.9. The molecular weight excluding hydrogens is 452 g/mol. The van der Waals surface area contributed by atoms with Gasteiger partial charge in [-0.3, -0.25) is 14.9 Å². The van der Waals surface area contributed by atoms with Crippen molar-refractivity contribution < 1.29 is 19.2 Å². The number of rotatable bonds is 6. The van der Waals surface area contributed by atoms with Crippen molar-refractivity contribution >= 4 is 34.0 Å². The van der Waals surface area contributed by atoms with Crippen molar-refractivity contribution in [3.8, 4) is 11.4 Å². The molecule has 1 amide bonds. The Kier molecular flexibility index (Phi) is 5.98. The maximum Gasteiger partial charge on any atom is 0.270 e. The van der Waals surface area contributed by atoms with Crippen LogP contribution >= 0.6 is 0 Å². The smallest absolute Gasteiger partial charge is 0.270 e. The van der Waals surface area contributed by atoms with Crippen LogP contribution in [-0.4, -0.2) is 59.2 Å². The predicted octanol–water partition coefficient (Wildman–Crippen LogP) is 3.43. The summed E-state index contributed by atoms with van der Waals surface area (Å²) in [7, 11) is 1.60. The molecule has 0 saturated carbocycles. The molecule has 0 aliphatic carbocycles. The first kappa shape index (κ1) is 22.3. The number of nitro benzene ring substituents is 1. The van der Waals surface area contributed by atoms with E-state index in [2.05, 4.69) is 15.5 Å². The summed E-state index contributed by atoms with van der Waals surface area (Å²) in [5.41, 5.74) is 3.22. The Morgan fingerprint density at radius 3 is 2.49 bits per heavy atom. The Balaban J connectivity index is 1.42. The highest BCUT2D eigenvalue weighted by Gasteiger charge is 2.22. The van der Waals surface area contributed by atoms with Crippen molar-refractivity contribution in [2.75, 3.05) is 43.6 Å². The molecule has 1 N–H and O–H groups in total. The second-order valence-corrected chi connectivity index (χ2v) is 7.90. The van der Waals surface area contributed by atoms with E-state index in [0.717, 1.165) is 11.4 Å². The molecule has 1 fully saturated rings. The lowest BCUT2D eigenvalue weighted by atomic mass is 10.1. The van der Waals surface area contributed by atoms with E-state index in [4.69, 9.17) is 9.47 Å². The van der Waals surface area contributed by atoms with Crippen molar-refractivity contribution in [2.24, 2.45) is 0 Å². The van der Waals surface area contributed by atoms with E-state index in [1.807, 2.05) is 29.2 Å². The third-order valence-corrected chi connectivity index (χ3v) is 5.73. The van der Waals surface area contributed by atoms with Gasteiger partial charge in [0, 0.05) is 30.9 Å². The molecule has 11 nitrogen and oxygen atoms in total. The number of non-ortho nitro benzene ring substituents is 1. The maximum absolute atomic E-state index is 13.2. The molecule has 1 aliphatic heterocycles. The normalized spacial score (nSPS) is 13.6. The fourth-order valence-corrected chi connectivity index (χ4v) is 3.92. The topological polar surface area (TPSA) is 125 Å². The second-order valence-electron chi connectivity index (χ2n) is 7.90. The van der Waals surface area contributed by atoms with Crippen LogP contribution < -0.4 is 15.0 Å². The molecule has 4 aromatic rings. The number of nitrogens with zero attached hydrogens (tertiary/aromatic N) is 5. The Morgan fingerprint density at radius 2 is 1.77 bits per heavy atom. The van der Waals surface area contributed by atoms with Gasteiger partial charge in [0.25, 0.3) is 11.6 Å². The van der Waals surface area contributed by atoms with Crippen LogP contribution in [0, 0.1) is 10.1 Å². The van der Waals surface area contributed by atoms with Crippen molar-refractivity contribution in [1.29, 1.82) is 0 Å². The van der Waals surface area contributed by atoms with Gasteiger partial charge in [0.1, 0.15) is 16.8 Å². The van der Waals surface area contributed by atoms with Gasteiger partial charge in [-0.25, -0.2) is 0 Å². The molecule has 11 heteroatoms. The molecule has 0 bridgehead atoms. The summed E-state index contributed by atoms with van der Waals surface area (Å²) in [6, 6.07) is 16.8. The number of aromatic nitrogens is 3. The number of nitrogens with one attached hydrogen (secondary N) is 1. The van der Waals surface area contributed by atoms with Gasteiger partial charge in [-0.05, 0) is 48.5 Å². The number of benzene rings is 3. The van der Waals surface area contributed by atoms with Crippen LogP contribution in [0.2, 0.25) is 0 Å². The number of morpholine rings is 1. The van der Waals surface area contributed by atoms with E-state index in [1.54, 1.807) is 31.4 Å². The fraction of sp³-hybridized carbons (Fsp3) is 0.208. The number of amides is 1. The summed E-state index contributed by atoms with van der Waals surface area (Å²) >= 11 is 0. The summed E-state index contributed by atoms with van der Waals surface area (Å²) in [5.74, 6) is 0.283. The number of carbonyl (C=O) groups excluding carboxylic acids is 1. The molecule has 5 rings (SSSR count). The number of anilines is 2. The van der Waals surface area contributed by atoms with Crippen LogP contribution in [0.25, 0.3) is 16.7 Å². The quantitative estimate of drug-likeness (QED) is 0.333. The first-order valence-electron chi connectivity index (χ1n) is 11.0. The Bertz CT molecular complexity index is 1400. The minimum Gasteiger partial charge on any atom is -0.497 e. The fourth-order valence-electron chi connectivity index (χ4n) is 3.92. The highest BCUT2D eigenvalue weighted by molar-refractivity contribution is 6.09. The monoisotopic (exact) mass is 474 g/mol. The van der Waals surface area contributed by atoms with Crippen molar-refractivity contribution in [2.45, 2.75) is 0 Å². The molecule has 2 heterocycles. The van der Waals surface area contributed by atoms with Gasteiger partial charge in [-0.15, -0.1) is 10.2 Å². The summed E-state index contributed by atoms with van der Waals surface area (Å²) in [6.07, 6.45) is 0. The molecule has 0 atom stereocenters. The van der Waals surface area contributed by atoms with Crippen LogP contribution in [0.1, 0.15) is 10.4 Å². The summed E-state index contributed by atoms with van der Waals surface area (Å²) in [5, 5.41) is 23.2. The van der Waals surface area contributed by atoms with E-state index in [0.29, 0.717) is 48.7 Å². The van der Waals surface area contributed by atoms with Crippen LogP contribution in [-0.2, 0) is 4.74 Å². The standard InChI is InChI=1S/C24H22N6O5/c1-34-19-6-3-17(4-7-19)29-26-21-8-2-16(14-22(21)27-29)25-24(31)20-15-18(30(32)33)5-9-23(20)28-10-12-35-13-11-28/h2-9,14-15H,10-13H2,1H3,(H,25,31). The molecule has 35 heavy (non-hydrogen) atoms.